The maximum Gasteiger partial charge on any atom is 0.323 e. The van der Waals surface area contributed by atoms with E-state index >= 15 is 0 Å². The lowest BCUT2D eigenvalue weighted by Gasteiger charge is -2.34. The molecule has 0 unspecified atom stereocenters. The Labute approximate surface area is 154 Å². The van der Waals surface area contributed by atoms with Crippen molar-refractivity contribution in [3.63, 3.8) is 0 Å². The second-order valence-electron chi connectivity index (χ2n) is 6.05. The summed E-state index contributed by atoms with van der Waals surface area (Å²) in [6, 6.07) is 4.36. The van der Waals surface area contributed by atoms with E-state index in [1.165, 1.54) is 27.4 Å². The van der Waals surface area contributed by atoms with E-state index in [0.717, 1.165) is 0 Å². The average molecular weight is 396 g/mol. The third-order valence-corrected chi connectivity index (χ3v) is 6.23. The standard InChI is InChI=1S/C15H20N6O5S/c16-8-13(22)17-9-14(23)20-3-5-21(6-4-20)27(25,26)10-1-2-11-12(7-10)19-15(24)18-11/h1-2,7H,3-6,8-9,16H2,(H,17,22)(H2,18,19,24). The van der Waals surface area contributed by atoms with Crippen LogP contribution >= 0.6 is 0 Å². The third-order valence-electron chi connectivity index (χ3n) is 4.34. The first kappa shape index (κ1) is 19.1. The van der Waals surface area contributed by atoms with Gasteiger partial charge in [-0.25, -0.2) is 13.2 Å². The molecular formula is C15H20N6O5S. The van der Waals surface area contributed by atoms with Crippen LogP contribution in [0.2, 0.25) is 0 Å². The zero-order chi connectivity index (χ0) is 19.6. The van der Waals surface area contributed by atoms with Crippen molar-refractivity contribution in [1.29, 1.82) is 0 Å². The molecule has 1 aromatic heterocycles. The highest BCUT2D eigenvalue weighted by molar-refractivity contribution is 7.89. The summed E-state index contributed by atoms with van der Waals surface area (Å²) in [5, 5.41) is 2.40. The van der Waals surface area contributed by atoms with E-state index in [4.69, 9.17) is 5.73 Å². The first-order valence-electron chi connectivity index (χ1n) is 8.28. The van der Waals surface area contributed by atoms with Gasteiger partial charge in [0.05, 0.1) is 29.0 Å². The number of hydrogen-bond acceptors (Lipinski definition) is 6. The number of sulfonamides is 1. The summed E-state index contributed by atoms with van der Waals surface area (Å²) in [5.74, 6) is -0.720. The third kappa shape index (κ3) is 4.02. The molecule has 12 heteroatoms. The molecule has 3 rings (SSSR count). The molecule has 11 nitrogen and oxygen atoms in total. The fourth-order valence-electron chi connectivity index (χ4n) is 2.86. The first-order chi connectivity index (χ1) is 12.8. The van der Waals surface area contributed by atoms with Crippen molar-refractivity contribution in [2.75, 3.05) is 39.3 Å². The van der Waals surface area contributed by atoms with Gasteiger partial charge in [-0.05, 0) is 18.2 Å². The minimum atomic E-state index is -3.75. The number of carbonyl (C=O) groups excluding carboxylic acids is 2. The summed E-state index contributed by atoms with van der Waals surface area (Å²) in [6.45, 7) is 0.358. The van der Waals surface area contributed by atoms with E-state index in [-0.39, 0.29) is 50.1 Å². The van der Waals surface area contributed by atoms with Crippen LogP contribution in [0, 0.1) is 0 Å². The fraction of sp³-hybridized carbons (Fsp3) is 0.400. The summed E-state index contributed by atoms with van der Waals surface area (Å²) >= 11 is 0. The number of rotatable bonds is 5. The molecular weight excluding hydrogens is 376 g/mol. The van der Waals surface area contributed by atoms with Crippen LogP contribution in [-0.4, -0.2) is 78.7 Å². The number of nitrogens with two attached hydrogens (primary N) is 1. The van der Waals surface area contributed by atoms with E-state index < -0.39 is 21.6 Å². The predicted molar refractivity (Wildman–Crippen MR) is 96.3 cm³/mol. The van der Waals surface area contributed by atoms with Gasteiger partial charge >= 0.3 is 5.69 Å². The normalized spacial score (nSPS) is 15.8. The van der Waals surface area contributed by atoms with E-state index in [0.29, 0.717) is 11.0 Å². The predicted octanol–water partition coefficient (Wildman–Crippen LogP) is -2.24. The Balaban J connectivity index is 1.66. The molecule has 2 amide bonds. The SMILES string of the molecule is NCC(=O)NCC(=O)N1CCN(S(=O)(=O)c2ccc3[nH]c(=O)[nH]c3c2)CC1. The number of fused-ring (bicyclic) bond motifs is 1. The topological polar surface area (TPSA) is 161 Å². The lowest BCUT2D eigenvalue weighted by molar-refractivity contribution is -0.133. The van der Waals surface area contributed by atoms with Crippen molar-refractivity contribution >= 4 is 32.9 Å². The summed E-state index contributed by atoms with van der Waals surface area (Å²) in [7, 11) is -3.75. The van der Waals surface area contributed by atoms with Gasteiger partial charge in [0.1, 0.15) is 0 Å². The summed E-state index contributed by atoms with van der Waals surface area (Å²) in [4.78, 5) is 41.2. The van der Waals surface area contributed by atoms with E-state index in [2.05, 4.69) is 15.3 Å². The Bertz CT molecular complexity index is 1020. The monoisotopic (exact) mass is 396 g/mol. The highest BCUT2D eigenvalue weighted by Crippen LogP contribution is 2.20. The molecule has 0 bridgehead atoms. The zero-order valence-corrected chi connectivity index (χ0v) is 15.2. The van der Waals surface area contributed by atoms with Crippen molar-refractivity contribution in [3.8, 4) is 0 Å². The van der Waals surface area contributed by atoms with Crippen LogP contribution in [-0.2, 0) is 19.6 Å². The Hall–Kier alpha value is -2.70. The van der Waals surface area contributed by atoms with E-state index in [1.54, 1.807) is 0 Å². The van der Waals surface area contributed by atoms with Gasteiger partial charge in [-0.3, -0.25) is 9.59 Å². The molecule has 1 saturated heterocycles. The number of aromatic amines is 2. The van der Waals surface area contributed by atoms with Crippen molar-refractivity contribution < 1.29 is 18.0 Å². The number of hydrogen-bond donors (Lipinski definition) is 4. The second-order valence-corrected chi connectivity index (χ2v) is 7.99. The molecule has 1 aliphatic heterocycles. The van der Waals surface area contributed by atoms with Crippen LogP contribution < -0.4 is 16.7 Å². The lowest BCUT2D eigenvalue weighted by atomic mass is 10.3. The van der Waals surface area contributed by atoms with Gasteiger partial charge in [0.2, 0.25) is 21.8 Å². The van der Waals surface area contributed by atoms with Crippen LogP contribution in [0.4, 0.5) is 0 Å². The average Bonchev–Trinajstić information content (AvgIpc) is 3.05. The van der Waals surface area contributed by atoms with Gasteiger partial charge in [-0.15, -0.1) is 0 Å². The van der Waals surface area contributed by atoms with Gasteiger partial charge in [0.15, 0.2) is 0 Å². The molecule has 1 fully saturated rings. The van der Waals surface area contributed by atoms with Crippen molar-refractivity contribution in [3.05, 3.63) is 28.7 Å². The van der Waals surface area contributed by atoms with Crippen molar-refractivity contribution in [1.82, 2.24) is 24.5 Å². The van der Waals surface area contributed by atoms with Crippen LogP contribution in [0.3, 0.4) is 0 Å². The number of carbonyl (C=O) groups is 2. The molecule has 27 heavy (non-hydrogen) atoms. The van der Waals surface area contributed by atoms with Crippen molar-refractivity contribution in [2.45, 2.75) is 4.90 Å². The highest BCUT2D eigenvalue weighted by Gasteiger charge is 2.30. The molecule has 1 aliphatic rings. The number of benzene rings is 1. The second kappa shape index (κ2) is 7.50. The van der Waals surface area contributed by atoms with Gasteiger partial charge in [-0.1, -0.05) is 0 Å². The maximum absolute atomic E-state index is 12.8. The zero-order valence-electron chi connectivity index (χ0n) is 14.4. The number of imidazole rings is 1. The number of H-pyrrole nitrogens is 2. The van der Waals surface area contributed by atoms with Crippen LogP contribution in [0.15, 0.2) is 27.9 Å². The van der Waals surface area contributed by atoms with Gasteiger partial charge in [0.25, 0.3) is 0 Å². The molecule has 146 valence electrons. The molecule has 0 aliphatic carbocycles. The Kier molecular flexibility index (Phi) is 5.30. The number of aromatic nitrogens is 2. The summed E-state index contributed by atoms with van der Waals surface area (Å²) in [6.07, 6.45) is 0. The number of nitrogens with zero attached hydrogens (tertiary/aromatic N) is 2. The van der Waals surface area contributed by atoms with Crippen LogP contribution in [0.1, 0.15) is 0 Å². The molecule has 2 heterocycles. The first-order valence-corrected chi connectivity index (χ1v) is 9.72. The molecule has 0 saturated carbocycles. The molecule has 0 atom stereocenters. The lowest BCUT2D eigenvalue weighted by Crippen LogP contribution is -2.52. The largest absolute Gasteiger partial charge is 0.346 e. The Morgan fingerprint density at radius 1 is 1.11 bits per heavy atom. The van der Waals surface area contributed by atoms with E-state index in [9.17, 15) is 22.8 Å². The van der Waals surface area contributed by atoms with E-state index in [1.807, 2.05) is 0 Å². The van der Waals surface area contributed by atoms with Crippen molar-refractivity contribution in [2.24, 2.45) is 5.73 Å². The number of nitrogens with one attached hydrogen (secondary N) is 3. The Morgan fingerprint density at radius 2 is 1.78 bits per heavy atom. The maximum atomic E-state index is 12.8. The summed E-state index contributed by atoms with van der Waals surface area (Å²) < 4.78 is 26.9. The molecule has 2 aromatic rings. The summed E-state index contributed by atoms with van der Waals surface area (Å²) in [5.41, 5.74) is 5.68. The minimum absolute atomic E-state index is 0.0697. The molecule has 1 aromatic carbocycles. The van der Waals surface area contributed by atoms with Gasteiger partial charge < -0.3 is 25.9 Å². The minimum Gasteiger partial charge on any atom is -0.346 e. The molecule has 0 radical (unpaired) electrons. The van der Waals surface area contributed by atoms with Gasteiger partial charge in [-0.2, -0.15) is 4.31 Å². The molecule has 5 N–H and O–H groups in total. The molecule has 0 spiro atoms. The van der Waals surface area contributed by atoms with Crippen LogP contribution in [0.25, 0.3) is 11.0 Å². The quantitative estimate of drug-likeness (QED) is 0.447. The van der Waals surface area contributed by atoms with Crippen LogP contribution in [0.5, 0.6) is 0 Å². The van der Waals surface area contributed by atoms with Gasteiger partial charge in [0, 0.05) is 26.2 Å². The number of amides is 2. The smallest absolute Gasteiger partial charge is 0.323 e. The number of piperazine rings is 1. The fourth-order valence-corrected chi connectivity index (χ4v) is 4.31. The highest BCUT2D eigenvalue weighted by atomic mass is 32.2. The Morgan fingerprint density at radius 3 is 2.44 bits per heavy atom.